The molecule has 0 radical (unpaired) electrons. The minimum Gasteiger partial charge on any atom is -0.379 e. The van der Waals surface area contributed by atoms with E-state index in [1.807, 2.05) is 6.92 Å². The lowest BCUT2D eigenvalue weighted by atomic mass is 10.6. The van der Waals surface area contributed by atoms with Crippen LogP contribution in [0.5, 0.6) is 0 Å². The maximum Gasteiger partial charge on any atom is 0.188 e. The monoisotopic (exact) mass is 233 g/mol. The van der Waals surface area contributed by atoms with Crippen molar-refractivity contribution < 1.29 is 14.2 Å². The van der Waals surface area contributed by atoms with Gasteiger partial charge in [0.2, 0.25) is 0 Å². The lowest BCUT2D eigenvalue weighted by Crippen LogP contribution is -2.34. The summed E-state index contributed by atoms with van der Waals surface area (Å²) >= 11 is 0. The molecule has 16 heavy (non-hydrogen) atoms. The molecule has 0 aliphatic rings. The molecular weight excluding hydrogens is 210 g/mol. The van der Waals surface area contributed by atoms with E-state index in [9.17, 15) is 0 Å². The van der Waals surface area contributed by atoms with Crippen LogP contribution in [-0.2, 0) is 14.2 Å². The van der Waals surface area contributed by atoms with E-state index in [0.717, 1.165) is 6.61 Å². The van der Waals surface area contributed by atoms with Crippen molar-refractivity contribution in [2.24, 2.45) is 10.7 Å². The van der Waals surface area contributed by atoms with Crippen LogP contribution in [0, 0.1) is 0 Å². The Hall–Kier alpha value is -0.850. The van der Waals surface area contributed by atoms with Crippen molar-refractivity contribution in [1.29, 1.82) is 0 Å². The molecule has 0 rings (SSSR count). The zero-order valence-electron chi connectivity index (χ0n) is 10.2. The summed E-state index contributed by atoms with van der Waals surface area (Å²) in [5.41, 5.74) is 5.43. The average Bonchev–Trinajstić information content (AvgIpc) is 2.31. The number of nitrogens with one attached hydrogen (secondary N) is 1. The van der Waals surface area contributed by atoms with Gasteiger partial charge in [-0.3, -0.25) is 4.99 Å². The van der Waals surface area contributed by atoms with E-state index in [2.05, 4.69) is 10.3 Å². The zero-order chi connectivity index (χ0) is 12.1. The van der Waals surface area contributed by atoms with Gasteiger partial charge in [0, 0.05) is 20.2 Å². The van der Waals surface area contributed by atoms with Gasteiger partial charge in [0.25, 0.3) is 0 Å². The fourth-order valence-corrected chi connectivity index (χ4v) is 0.914. The summed E-state index contributed by atoms with van der Waals surface area (Å²) in [5, 5.41) is 2.89. The van der Waals surface area contributed by atoms with Gasteiger partial charge in [-0.1, -0.05) is 0 Å². The SMILES string of the molecule is CCOCCOCCOCCNC(N)=NC. The highest BCUT2D eigenvalue weighted by Crippen LogP contribution is 1.80. The Labute approximate surface area is 97.1 Å². The van der Waals surface area contributed by atoms with E-state index in [-0.39, 0.29) is 0 Å². The first kappa shape index (κ1) is 15.2. The van der Waals surface area contributed by atoms with E-state index < -0.39 is 0 Å². The van der Waals surface area contributed by atoms with Crippen molar-refractivity contribution in [3.05, 3.63) is 0 Å². The molecule has 0 aromatic carbocycles. The van der Waals surface area contributed by atoms with Gasteiger partial charge in [0.05, 0.1) is 33.0 Å². The molecule has 0 bridgehead atoms. The molecule has 6 nitrogen and oxygen atoms in total. The largest absolute Gasteiger partial charge is 0.379 e. The van der Waals surface area contributed by atoms with E-state index in [1.54, 1.807) is 7.05 Å². The molecule has 0 aromatic rings. The summed E-state index contributed by atoms with van der Waals surface area (Å²) in [5.74, 6) is 0.427. The third-order valence-corrected chi connectivity index (χ3v) is 1.74. The number of nitrogens with zero attached hydrogens (tertiary/aromatic N) is 1. The van der Waals surface area contributed by atoms with Crippen molar-refractivity contribution in [2.75, 3.05) is 53.2 Å². The van der Waals surface area contributed by atoms with E-state index in [1.165, 1.54) is 0 Å². The van der Waals surface area contributed by atoms with Gasteiger partial charge >= 0.3 is 0 Å². The second-order valence-corrected chi connectivity index (χ2v) is 2.96. The Kier molecular flexibility index (Phi) is 11.6. The second kappa shape index (κ2) is 12.2. The highest BCUT2D eigenvalue weighted by Gasteiger charge is 1.91. The first-order chi connectivity index (χ1) is 7.81. The fourth-order valence-electron chi connectivity index (χ4n) is 0.914. The second-order valence-electron chi connectivity index (χ2n) is 2.96. The molecule has 0 unspecified atom stereocenters. The standard InChI is InChI=1S/C10H23N3O3/c1-3-14-6-7-16-9-8-15-5-4-13-10(11)12-2/h3-9H2,1-2H3,(H3,11,12,13). The summed E-state index contributed by atoms with van der Waals surface area (Å²) in [4.78, 5) is 3.75. The lowest BCUT2D eigenvalue weighted by molar-refractivity contribution is 0.0180. The molecule has 6 heteroatoms. The molecule has 0 saturated carbocycles. The molecule has 0 aromatic heterocycles. The van der Waals surface area contributed by atoms with Gasteiger partial charge in [-0.2, -0.15) is 0 Å². The van der Waals surface area contributed by atoms with Gasteiger partial charge in [-0.25, -0.2) is 0 Å². The summed E-state index contributed by atoms with van der Waals surface area (Å²) < 4.78 is 15.7. The van der Waals surface area contributed by atoms with Crippen molar-refractivity contribution >= 4 is 5.96 Å². The lowest BCUT2D eigenvalue weighted by Gasteiger charge is -2.07. The Morgan fingerprint density at radius 3 is 2.19 bits per heavy atom. The highest BCUT2D eigenvalue weighted by molar-refractivity contribution is 5.77. The predicted octanol–water partition coefficient (Wildman–Crippen LogP) is -0.410. The molecule has 0 aliphatic heterocycles. The minimum atomic E-state index is 0.427. The maximum absolute atomic E-state index is 5.43. The molecule has 96 valence electrons. The fraction of sp³-hybridized carbons (Fsp3) is 0.900. The smallest absolute Gasteiger partial charge is 0.188 e. The van der Waals surface area contributed by atoms with Crippen LogP contribution in [0.4, 0.5) is 0 Å². The average molecular weight is 233 g/mol. The quantitative estimate of drug-likeness (QED) is 0.305. The van der Waals surface area contributed by atoms with Gasteiger partial charge in [-0.05, 0) is 6.92 Å². The number of nitrogens with two attached hydrogens (primary N) is 1. The molecule has 3 N–H and O–H groups in total. The highest BCUT2D eigenvalue weighted by atomic mass is 16.5. The third-order valence-electron chi connectivity index (χ3n) is 1.74. The number of hydrogen-bond donors (Lipinski definition) is 2. The van der Waals surface area contributed by atoms with Crippen LogP contribution >= 0.6 is 0 Å². The van der Waals surface area contributed by atoms with Crippen LogP contribution in [0.15, 0.2) is 4.99 Å². The zero-order valence-corrected chi connectivity index (χ0v) is 10.2. The van der Waals surface area contributed by atoms with Crippen LogP contribution < -0.4 is 11.1 Å². The molecule has 0 amide bonds. The summed E-state index contributed by atoms with van der Waals surface area (Å²) in [6, 6.07) is 0. The Bertz CT molecular complexity index is 177. The molecule has 0 fully saturated rings. The van der Waals surface area contributed by atoms with E-state index >= 15 is 0 Å². The van der Waals surface area contributed by atoms with Crippen LogP contribution in [-0.4, -0.2) is 59.2 Å². The van der Waals surface area contributed by atoms with Crippen molar-refractivity contribution in [2.45, 2.75) is 6.92 Å². The van der Waals surface area contributed by atoms with Gasteiger partial charge in [0.1, 0.15) is 0 Å². The van der Waals surface area contributed by atoms with Crippen molar-refractivity contribution in [1.82, 2.24) is 5.32 Å². The molecular formula is C10H23N3O3. The summed E-state index contributed by atoms with van der Waals surface area (Å²) in [6.07, 6.45) is 0. The first-order valence-electron chi connectivity index (χ1n) is 5.50. The van der Waals surface area contributed by atoms with E-state index in [4.69, 9.17) is 19.9 Å². The van der Waals surface area contributed by atoms with Gasteiger partial charge in [-0.15, -0.1) is 0 Å². The van der Waals surface area contributed by atoms with Crippen LogP contribution in [0.3, 0.4) is 0 Å². The Balaban J connectivity index is 2.99. The third kappa shape index (κ3) is 11.2. The molecule has 0 aliphatic carbocycles. The normalized spacial score (nSPS) is 11.8. The maximum atomic E-state index is 5.43. The van der Waals surface area contributed by atoms with Crippen molar-refractivity contribution in [3.8, 4) is 0 Å². The molecule has 0 atom stereocenters. The minimum absolute atomic E-state index is 0.427. The summed E-state index contributed by atoms with van der Waals surface area (Å²) in [6.45, 7) is 6.36. The van der Waals surface area contributed by atoms with E-state index in [0.29, 0.717) is 45.5 Å². The van der Waals surface area contributed by atoms with Gasteiger partial charge in [0.15, 0.2) is 5.96 Å². The number of hydrogen-bond acceptors (Lipinski definition) is 4. The molecule has 0 saturated heterocycles. The van der Waals surface area contributed by atoms with Crippen molar-refractivity contribution in [3.63, 3.8) is 0 Å². The topological polar surface area (TPSA) is 78.1 Å². The number of aliphatic imine (C=N–C) groups is 1. The first-order valence-corrected chi connectivity index (χ1v) is 5.50. The number of rotatable bonds is 10. The predicted molar refractivity (Wildman–Crippen MR) is 63.7 cm³/mol. The van der Waals surface area contributed by atoms with Crippen LogP contribution in [0.1, 0.15) is 6.92 Å². The van der Waals surface area contributed by atoms with Crippen LogP contribution in [0.2, 0.25) is 0 Å². The van der Waals surface area contributed by atoms with Crippen LogP contribution in [0.25, 0.3) is 0 Å². The number of ether oxygens (including phenoxy) is 3. The summed E-state index contributed by atoms with van der Waals surface area (Å²) in [7, 11) is 1.63. The Morgan fingerprint density at radius 1 is 1.06 bits per heavy atom. The molecule has 0 heterocycles. The Morgan fingerprint density at radius 2 is 1.62 bits per heavy atom. The molecule has 0 spiro atoms. The number of guanidine groups is 1. The van der Waals surface area contributed by atoms with Gasteiger partial charge < -0.3 is 25.3 Å².